The highest BCUT2D eigenvalue weighted by molar-refractivity contribution is 6.31. The van der Waals surface area contributed by atoms with E-state index in [1.165, 1.54) is 25.7 Å². The third-order valence-electron chi connectivity index (χ3n) is 4.10. The van der Waals surface area contributed by atoms with Crippen molar-refractivity contribution in [1.82, 2.24) is 15.1 Å². The predicted octanol–water partition coefficient (Wildman–Crippen LogP) is 5.05. The number of nitrogens with one attached hydrogen (secondary N) is 1. The molecule has 1 aromatic heterocycles. The van der Waals surface area contributed by atoms with Gasteiger partial charge in [-0.05, 0) is 58.9 Å². The van der Waals surface area contributed by atoms with Crippen molar-refractivity contribution in [2.24, 2.45) is 0 Å². The van der Waals surface area contributed by atoms with Crippen molar-refractivity contribution in [3.63, 3.8) is 0 Å². The molecule has 4 heteroatoms. The lowest BCUT2D eigenvalue weighted by atomic mass is 9.93. The summed E-state index contributed by atoms with van der Waals surface area (Å²) in [5.74, 6) is 0. The maximum absolute atomic E-state index is 6.44. The first-order chi connectivity index (χ1) is 10.1. The fourth-order valence-corrected chi connectivity index (χ4v) is 3.29. The van der Waals surface area contributed by atoms with Crippen molar-refractivity contribution in [3.8, 4) is 0 Å². The molecule has 0 bridgehead atoms. The first kappa shape index (κ1) is 16.6. The van der Waals surface area contributed by atoms with Crippen molar-refractivity contribution in [2.45, 2.75) is 71.4 Å². The van der Waals surface area contributed by atoms with Gasteiger partial charge in [-0.2, -0.15) is 5.10 Å². The van der Waals surface area contributed by atoms with Gasteiger partial charge in [0.25, 0.3) is 0 Å². The second kappa shape index (κ2) is 8.00. The van der Waals surface area contributed by atoms with E-state index < -0.39 is 0 Å². The molecule has 0 radical (unpaired) electrons. The summed E-state index contributed by atoms with van der Waals surface area (Å²) < 4.78 is 2.07. The second-order valence-electron chi connectivity index (χ2n) is 6.24. The van der Waals surface area contributed by atoms with E-state index in [0.29, 0.717) is 6.04 Å². The first-order valence-electron chi connectivity index (χ1n) is 8.27. The van der Waals surface area contributed by atoms with E-state index >= 15 is 0 Å². The Hall–Kier alpha value is -0.800. The normalized spacial score (nSPS) is 17.1. The van der Waals surface area contributed by atoms with Crippen molar-refractivity contribution >= 4 is 11.6 Å². The molecule has 0 aliphatic heterocycles. The minimum atomic E-state index is 0.270. The molecule has 1 atom stereocenters. The third kappa shape index (κ3) is 4.33. The van der Waals surface area contributed by atoms with Gasteiger partial charge in [0, 0.05) is 6.04 Å². The Morgan fingerprint density at radius 2 is 2.19 bits per heavy atom. The Balaban J connectivity index is 2.22. The molecule has 0 spiro atoms. The number of hydrogen-bond acceptors (Lipinski definition) is 2. The highest BCUT2D eigenvalue weighted by atomic mass is 35.5. The van der Waals surface area contributed by atoms with Crippen LogP contribution in [-0.4, -0.2) is 16.3 Å². The van der Waals surface area contributed by atoms with E-state index in [1.54, 1.807) is 11.8 Å². The van der Waals surface area contributed by atoms with Gasteiger partial charge in [0.2, 0.25) is 0 Å². The standard InChI is InChI=1S/C17H28ClN3/c1-4-10-19-16(11-14-8-6-5-7-9-14)17-15(18)12-20-21(17)13(2)3/h8,12-13,16,19H,4-7,9-11H2,1-3H3. The maximum atomic E-state index is 6.44. The van der Waals surface area contributed by atoms with Crippen LogP contribution in [0.1, 0.15) is 77.1 Å². The number of aromatic nitrogens is 2. The monoisotopic (exact) mass is 309 g/mol. The van der Waals surface area contributed by atoms with Gasteiger partial charge in [0.1, 0.15) is 0 Å². The minimum absolute atomic E-state index is 0.270. The fraction of sp³-hybridized carbons (Fsp3) is 0.706. The Kier molecular flexibility index (Phi) is 6.31. The van der Waals surface area contributed by atoms with Crippen molar-refractivity contribution in [3.05, 3.63) is 28.6 Å². The molecule has 1 aliphatic carbocycles. The topological polar surface area (TPSA) is 29.9 Å². The van der Waals surface area contributed by atoms with Gasteiger partial charge < -0.3 is 5.32 Å². The molecule has 1 unspecified atom stereocenters. The molecule has 3 nitrogen and oxygen atoms in total. The molecule has 1 N–H and O–H groups in total. The Labute approximate surface area is 133 Å². The van der Waals surface area contributed by atoms with E-state index in [4.69, 9.17) is 11.6 Å². The number of halogens is 1. The summed E-state index contributed by atoms with van der Waals surface area (Å²) in [5.41, 5.74) is 2.72. The SMILES string of the molecule is CCCNC(CC1=CCCCC1)c1c(Cl)cnn1C(C)C. The third-order valence-corrected chi connectivity index (χ3v) is 4.39. The summed E-state index contributed by atoms with van der Waals surface area (Å²) in [7, 11) is 0. The summed E-state index contributed by atoms with van der Waals surface area (Å²) in [6, 6.07) is 0.602. The van der Waals surface area contributed by atoms with Crippen LogP contribution < -0.4 is 5.32 Å². The Morgan fingerprint density at radius 3 is 2.81 bits per heavy atom. The Morgan fingerprint density at radius 1 is 1.38 bits per heavy atom. The minimum Gasteiger partial charge on any atom is -0.308 e. The van der Waals surface area contributed by atoms with Crippen molar-refractivity contribution in [1.29, 1.82) is 0 Å². The van der Waals surface area contributed by atoms with Crippen LogP contribution in [-0.2, 0) is 0 Å². The van der Waals surface area contributed by atoms with Gasteiger partial charge in [-0.25, -0.2) is 0 Å². The quantitative estimate of drug-likeness (QED) is 0.714. The molecule has 21 heavy (non-hydrogen) atoms. The smallest absolute Gasteiger partial charge is 0.0834 e. The molecule has 0 fully saturated rings. The summed E-state index contributed by atoms with van der Waals surface area (Å²) in [6.45, 7) is 7.52. The van der Waals surface area contributed by atoms with Crippen LogP contribution in [0.25, 0.3) is 0 Å². The van der Waals surface area contributed by atoms with Gasteiger partial charge >= 0.3 is 0 Å². The molecule has 118 valence electrons. The van der Waals surface area contributed by atoms with Crippen LogP contribution in [0.15, 0.2) is 17.8 Å². The lowest BCUT2D eigenvalue weighted by Gasteiger charge is -2.24. The van der Waals surface area contributed by atoms with Gasteiger partial charge in [-0.1, -0.05) is 30.2 Å². The van der Waals surface area contributed by atoms with Crippen molar-refractivity contribution in [2.75, 3.05) is 6.54 Å². The molecular formula is C17H28ClN3. The summed E-state index contributed by atoms with van der Waals surface area (Å²) in [5, 5.41) is 8.92. The van der Waals surface area contributed by atoms with Crippen LogP contribution in [0.2, 0.25) is 5.02 Å². The zero-order chi connectivity index (χ0) is 15.2. The number of rotatable bonds is 7. The summed E-state index contributed by atoms with van der Waals surface area (Å²) in [6.07, 6.45) is 11.5. The number of allylic oxidation sites excluding steroid dienone is 1. The summed E-state index contributed by atoms with van der Waals surface area (Å²) >= 11 is 6.44. The zero-order valence-electron chi connectivity index (χ0n) is 13.5. The predicted molar refractivity (Wildman–Crippen MR) is 89.8 cm³/mol. The molecule has 0 aromatic carbocycles. The van der Waals surface area contributed by atoms with E-state index in [0.717, 1.165) is 30.1 Å². The lowest BCUT2D eigenvalue weighted by molar-refractivity contribution is 0.436. The molecular weight excluding hydrogens is 282 g/mol. The van der Waals surface area contributed by atoms with E-state index in [9.17, 15) is 0 Å². The molecule has 0 saturated heterocycles. The Bertz CT molecular complexity index is 476. The fourth-order valence-electron chi connectivity index (χ4n) is 3.02. The van der Waals surface area contributed by atoms with Gasteiger partial charge in [0.05, 0.1) is 23.0 Å². The highest BCUT2D eigenvalue weighted by Crippen LogP contribution is 2.32. The summed E-state index contributed by atoms with van der Waals surface area (Å²) in [4.78, 5) is 0. The molecule has 1 aromatic rings. The largest absolute Gasteiger partial charge is 0.308 e. The average Bonchev–Trinajstić information content (AvgIpc) is 2.86. The van der Waals surface area contributed by atoms with Crippen LogP contribution in [0.4, 0.5) is 0 Å². The molecule has 1 aliphatic rings. The second-order valence-corrected chi connectivity index (χ2v) is 6.64. The first-order valence-corrected chi connectivity index (χ1v) is 8.65. The van der Waals surface area contributed by atoms with Crippen LogP contribution in [0.3, 0.4) is 0 Å². The van der Waals surface area contributed by atoms with E-state index in [2.05, 4.69) is 41.9 Å². The molecule has 1 heterocycles. The van der Waals surface area contributed by atoms with Gasteiger partial charge in [0.15, 0.2) is 0 Å². The lowest BCUT2D eigenvalue weighted by Crippen LogP contribution is -2.26. The average molecular weight is 310 g/mol. The van der Waals surface area contributed by atoms with E-state index in [-0.39, 0.29) is 6.04 Å². The zero-order valence-corrected chi connectivity index (χ0v) is 14.3. The molecule has 0 saturated carbocycles. The van der Waals surface area contributed by atoms with E-state index in [1.807, 2.05) is 0 Å². The van der Waals surface area contributed by atoms with Crippen molar-refractivity contribution < 1.29 is 0 Å². The molecule has 0 amide bonds. The van der Waals surface area contributed by atoms with Gasteiger partial charge in [-0.3, -0.25) is 4.68 Å². The number of hydrogen-bond donors (Lipinski definition) is 1. The maximum Gasteiger partial charge on any atom is 0.0834 e. The van der Waals surface area contributed by atoms with Gasteiger partial charge in [-0.15, -0.1) is 0 Å². The highest BCUT2D eigenvalue weighted by Gasteiger charge is 2.22. The number of nitrogens with zero attached hydrogens (tertiary/aromatic N) is 2. The van der Waals surface area contributed by atoms with Crippen LogP contribution in [0.5, 0.6) is 0 Å². The van der Waals surface area contributed by atoms with Crippen LogP contribution in [0, 0.1) is 0 Å². The van der Waals surface area contributed by atoms with Crippen LogP contribution >= 0.6 is 11.6 Å². The molecule has 2 rings (SSSR count).